The lowest BCUT2D eigenvalue weighted by atomic mass is 9.83. The van der Waals surface area contributed by atoms with Crippen molar-refractivity contribution in [3.63, 3.8) is 0 Å². The minimum atomic E-state index is -4.68. The van der Waals surface area contributed by atoms with Gasteiger partial charge in [0.05, 0.1) is 35.2 Å². The molecule has 0 radical (unpaired) electrons. The molecule has 2 aromatic rings. The highest BCUT2D eigenvalue weighted by Gasteiger charge is 2.62. The van der Waals surface area contributed by atoms with Crippen LogP contribution in [0, 0.1) is 5.92 Å². The lowest BCUT2D eigenvalue weighted by molar-refractivity contribution is -0.147. The van der Waals surface area contributed by atoms with E-state index in [1.807, 2.05) is 0 Å². The number of nitrogens with one attached hydrogen (secondary N) is 1. The molecule has 210 valence electrons. The number of halogens is 7. The first-order chi connectivity index (χ1) is 18.0. The van der Waals surface area contributed by atoms with Crippen molar-refractivity contribution < 1.29 is 41.4 Å². The van der Waals surface area contributed by atoms with Crippen molar-refractivity contribution in [1.82, 2.24) is 4.90 Å². The molecule has 0 unspecified atom stereocenters. The van der Waals surface area contributed by atoms with Crippen LogP contribution < -0.4 is 10.2 Å². The van der Waals surface area contributed by atoms with E-state index in [1.54, 1.807) is 0 Å². The molecule has 0 saturated carbocycles. The average Bonchev–Trinajstić information content (AvgIpc) is 3.31. The van der Waals surface area contributed by atoms with Gasteiger partial charge in [0.2, 0.25) is 11.8 Å². The van der Waals surface area contributed by atoms with Crippen LogP contribution >= 0.6 is 23.2 Å². The lowest BCUT2D eigenvalue weighted by Gasteiger charge is -2.41. The zero-order valence-corrected chi connectivity index (χ0v) is 22.0. The first-order valence-electron chi connectivity index (χ1n) is 11.6. The van der Waals surface area contributed by atoms with Crippen molar-refractivity contribution >= 4 is 52.4 Å². The minimum Gasteiger partial charge on any atom is -0.481 e. The maximum Gasteiger partial charge on any atom is 0.416 e. The second-order valence-electron chi connectivity index (χ2n) is 9.68. The molecule has 0 bridgehead atoms. The molecule has 2 amide bonds. The Morgan fingerprint density at radius 3 is 2.51 bits per heavy atom. The number of carboxylic acid groups (broad SMARTS) is 1. The van der Waals surface area contributed by atoms with Crippen LogP contribution in [0.3, 0.4) is 0 Å². The molecule has 2 heterocycles. The van der Waals surface area contributed by atoms with E-state index in [2.05, 4.69) is 5.32 Å². The molecule has 3 atom stereocenters. The molecule has 0 aliphatic carbocycles. The highest BCUT2D eigenvalue weighted by molar-refractivity contribution is 6.38. The van der Waals surface area contributed by atoms with Crippen LogP contribution in [0.4, 0.5) is 33.3 Å². The molecule has 0 aromatic heterocycles. The fourth-order valence-electron chi connectivity index (χ4n) is 5.35. The third kappa shape index (κ3) is 5.17. The summed E-state index contributed by atoms with van der Waals surface area (Å²) in [5.74, 6) is -7.95. The molecule has 1 fully saturated rings. The highest BCUT2D eigenvalue weighted by Crippen LogP contribution is 2.52. The smallest absolute Gasteiger partial charge is 0.416 e. The number of likely N-dealkylation sites (tertiary alicyclic amines) is 1. The Bertz CT molecular complexity index is 1360. The fourth-order valence-corrected chi connectivity index (χ4v) is 5.89. The number of carboxylic acids is 1. The second kappa shape index (κ2) is 9.90. The van der Waals surface area contributed by atoms with E-state index in [4.69, 9.17) is 23.2 Å². The summed E-state index contributed by atoms with van der Waals surface area (Å²) in [6, 6.07) is 5.13. The van der Waals surface area contributed by atoms with E-state index in [9.17, 15) is 41.4 Å². The third-order valence-corrected chi connectivity index (χ3v) is 7.70. The largest absolute Gasteiger partial charge is 0.481 e. The van der Waals surface area contributed by atoms with Crippen LogP contribution in [-0.2, 0) is 26.1 Å². The summed E-state index contributed by atoms with van der Waals surface area (Å²) in [4.78, 5) is 40.7. The van der Waals surface area contributed by atoms with Gasteiger partial charge in [0.25, 0.3) is 5.92 Å². The third-order valence-electron chi connectivity index (χ3n) is 7.18. The number of amides is 2. The van der Waals surface area contributed by atoms with Gasteiger partial charge in [-0.2, -0.15) is 13.2 Å². The van der Waals surface area contributed by atoms with Crippen LogP contribution in [-0.4, -0.2) is 53.3 Å². The monoisotopic (exact) mass is 593 g/mol. The number of fused-ring (bicyclic) bond motifs is 1. The maximum atomic E-state index is 15.0. The predicted octanol–water partition coefficient (Wildman–Crippen LogP) is 5.64. The molecule has 14 heteroatoms. The summed E-state index contributed by atoms with van der Waals surface area (Å²) in [5.41, 5.74) is -3.33. The molecule has 39 heavy (non-hydrogen) atoms. The van der Waals surface area contributed by atoms with Crippen LogP contribution in [0.5, 0.6) is 0 Å². The topological polar surface area (TPSA) is 90.0 Å². The Kier molecular flexibility index (Phi) is 7.37. The second-order valence-corrected chi connectivity index (χ2v) is 10.5. The van der Waals surface area contributed by atoms with Gasteiger partial charge in [-0.15, -0.1) is 0 Å². The van der Waals surface area contributed by atoms with Crippen LogP contribution in [0.2, 0.25) is 10.0 Å². The first-order valence-corrected chi connectivity index (χ1v) is 12.4. The van der Waals surface area contributed by atoms with Crippen LogP contribution in [0.15, 0.2) is 36.4 Å². The number of hydrogen-bond acceptors (Lipinski definition) is 4. The summed E-state index contributed by atoms with van der Waals surface area (Å²) in [7, 11) is 1.20. The van der Waals surface area contributed by atoms with Crippen molar-refractivity contribution in [3.8, 4) is 0 Å². The summed E-state index contributed by atoms with van der Waals surface area (Å²) in [5, 5.41) is 12.2. The van der Waals surface area contributed by atoms with E-state index in [0.29, 0.717) is 0 Å². The number of rotatable bonds is 6. The van der Waals surface area contributed by atoms with Crippen LogP contribution in [0.1, 0.15) is 30.9 Å². The van der Waals surface area contributed by atoms with E-state index < -0.39 is 72.3 Å². The van der Waals surface area contributed by atoms with E-state index in [-0.39, 0.29) is 27.0 Å². The number of benzene rings is 2. The predicted molar refractivity (Wildman–Crippen MR) is 133 cm³/mol. The summed E-state index contributed by atoms with van der Waals surface area (Å²) in [6.45, 7) is 0.242. The molecule has 0 spiro atoms. The number of hydrogen-bond donors (Lipinski definition) is 2. The van der Waals surface area contributed by atoms with Gasteiger partial charge >= 0.3 is 12.1 Å². The van der Waals surface area contributed by atoms with Crippen molar-refractivity contribution in [3.05, 3.63) is 57.6 Å². The van der Waals surface area contributed by atoms with Crippen molar-refractivity contribution in [2.45, 2.75) is 43.4 Å². The quantitative estimate of drug-likeness (QED) is 0.423. The molecular formula is C25H22Cl2F5N3O4. The van der Waals surface area contributed by atoms with Gasteiger partial charge in [-0.25, -0.2) is 8.78 Å². The van der Waals surface area contributed by atoms with Gasteiger partial charge in [0.15, 0.2) is 0 Å². The van der Waals surface area contributed by atoms with Gasteiger partial charge in [0.1, 0.15) is 5.54 Å². The van der Waals surface area contributed by atoms with Crippen molar-refractivity contribution in [1.29, 1.82) is 0 Å². The number of carbonyl (C=O) groups is 3. The Labute approximate surface area is 229 Å². The Morgan fingerprint density at radius 1 is 1.23 bits per heavy atom. The van der Waals surface area contributed by atoms with Gasteiger partial charge in [-0.3, -0.25) is 19.3 Å². The maximum absolute atomic E-state index is 15.0. The first kappa shape index (κ1) is 29.0. The Morgan fingerprint density at radius 2 is 1.90 bits per heavy atom. The molecule has 4 rings (SSSR count). The normalized spacial score (nSPS) is 23.3. The number of anilines is 2. The standard InChI is InChI=1S/C25H22Cl2F5N3O4/c1-12(21(38)34(2)15-5-3-4-13(6-15)25(30,31)32)18-9-23(28,29)11-35(18)24(10-19(36)37)16-7-14(26)8-17(27)20(16)33-22(24)39/h3-8,12,18H,9-11H2,1-2H3,(H,33,39)(H,36,37)/t12-,18-,24-/m1/s1. The molecule has 7 nitrogen and oxygen atoms in total. The van der Waals surface area contributed by atoms with Gasteiger partial charge < -0.3 is 15.3 Å². The van der Waals surface area contributed by atoms with Gasteiger partial charge in [0, 0.05) is 35.8 Å². The van der Waals surface area contributed by atoms with E-state index in [1.165, 1.54) is 32.2 Å². The number of nitrogens with zero attached hydrogens (tertiary/aromatic N) is 2. The lowest BCUT2D eigenvalue weighted by Crippen LogP contribution is -2.57. The van der Waals surface area contributed by atoms with Crippen molar-refractivity contribution in [2.75, 3.05) is 23.8 Å². The summed E-state index contributed by atoms with van der Waals surface area (Å²) in [6.07, 6.45) is -6.53. The molecule has 1 saturated heterocycles. The Hall–Kier alpha value is -2.96. The van der Waals surface area contributed by atoms with E-state index in [0.717, 1.165) is 28.0 Å². The number of carbonyl (C=O) groups excluding carboxylic acids is 2. The number of alkyl halides is 5. The fraction of sp³-hybridized carbons (Fsp3) is 0.400. The minimum absolute atomic E-state index is 0.0151. The highest BCUT2D eigenvalue weighted by atomic mass is 35.5. The molecule has 2 N–H and O–H groups in total. The van der Waals surface area contributed by atoms with Crippen LogP contribution in [0.25, 0.3) is 0 Å². The SMILES string of the molecule is C[C@@H](C(=O)N(C)c1cccc(C(F)(F)F)c1)[C@H]1CC(F)(F)CN1[C@@]1(CC(=O)O)C(=O)Nc2c(Cl)cc(Cl)cc21. The average molecular weight is 594 g/mol. The zero-order valence-electron chi connectivity index (χ0n) is 20.5. The molecule has 2 aromatic carbocycles. The molecule has 2 aliphatic heterocycles. The summed E-state index contributed by atoms with van der Waals surface area (Å²) < 4.78 is 69.6. The molecular weight excluding hydrogens is 572 g/mol. The molecule has 2 aliphatic rings. The Balaban J connectivity index is 1.78. The van der Waals surface area contributed by atoms with Gasteiger partial charge in [-0.1, -0.05) is 36.2 Å². The number of aliphatic carboxylic acids is 1. The van der Waals surface area contributed by atoms with Crippen molar-refractivity contribution in [2.24, 2.45) is 5.92 Å². The zero-order chi connectivity index (χ0) is 29.1. The van der Waals surface area contributed by atoms with Gasteiger partial charge in [-0.05, 0) is 30.3 Å². The summed E-state index contributed by atoms with van der Waals surface area (Å²) >= 11 is 12.3. The van der Waals surface area contributed by atoms with E-state index >= 15 is 0 Å².